The van der Waals surface area contributed by atoms with E-state index in [1.807, 2.05) is 12.1 Å². The smallest absolute Gasteiger partial charge is 1.00 e. The second kappa shape index (κ2) is 9.87. The second-order valence-corrected chi connectivity index (χ2v) is 5.65. The van der Waals surface area contributed by atoms with Crippen molar-refractivity contribution in [3.63, 3.8) is 0 Å². The quantitative estimate of drug-likeness (QED) is 0.489. The van der Waals surface area contributed by atoms with E-state index in [0.717, 1.165) is 17.1 Å². The maximum absolute atomic E-state index is 3.57. The molecule has 118 valence electrons. The Morgan fingerprint density at radius 2 is 1.21 bits per heavy atom. The number of para-hydroxylation sites is 2. The summed E-state index contributed by atoms with van der Waals surface area (Å²) < 4.78 is 0. The van der Waals surface area contributed by atoms with Crippen LogP contribution >= 0.6 is 0 Å². The van der Waals surface area contributed by atoms with Crippen LogP contribution in [0.15, 0.2) is 78.9 Å². The van der Waals surface area contributed by atoms with Gasteiger partial charge in [0.25, 0.3) is 0 Å². The van der Waals surface area contributed by atoms with Gasteiger partial charge in [-0.3, -0.25) is 0 Å². The molecule has 3 aromatic rings. The summed E-state index contributed by atoms with van der Waals surface area (Å²) in [6.45, 7) is 4.40. The summed E-state index contributed by atoms with van der Waals surface area (Å²) in [6, 6.07) is 30.8. The first-order chi connectivity index (χ1) is 10.8. The third-order valence-electron chi connectivity index (χ3n) is 3.69. The molecule has 0 aromatic heterocycles. The Kier molecular flexibility index (Phi) is 8.53. The zero-order valence-corrected chi connectivity index (χ0v) is 17.1. The predicted molar refractivity (Wildman–Crippen MR) is 99.8 cm³/mol. The minimum absolute atomic E-state index is 0. The van der Waals surface area contributed by atoms with Gasteiger partial charge in [0.05, 0.1) is 0 Å². The van der Waals surface area contributed by atoms with Gasteiger partial charge in [-0.25, -0.2) is 0 Å². The van der Waals surface area contributed by atoms with Crippen LogP contribution in [0.5, 0.6) is 0 Å². The fourth-order valence-corrected chi connectivity index (χ4v) is 2.52. The van der Waals surface area contributed by atoms with Crippen molar-refractivity contribution in [2.75, 3.05) is 4.90 Å². The summed E-state index contributed by atoms with van der Waals surface area (Å²) in [7, 11) is 0. The Labute approximate surface area is 171 Å². The van der Waals surface area contributed by atoms with Crippen molar-refractivity contribution in [2.45, 2.75) is 19.8 Å². The largest absolute Gasteiger partial charge is 2.00 e. The second-order valence-electron chi connectivity index (χ2n) is 5.65. The van der Waals surface area contributed by atoms with Gasteiger partial charge in [-0.15, -0.1) is 6.07 Å². The molecular weight excluding hydrogens is 370 g/mol. The molecule has 0 heterocycles. The molecule has 0 saturated carbocycles. The van der Waals surface area contributed by atoms with Crippen molar-refractivity contribution in [3.8, 4) is 0 Å². The summed E-state index contributed by atoms with van der Waals surface area (Å²) in [4.78, 5) is 2.24. The summed E-state index contributed by atoms with van der Waals surface area (Å²) >= 11 is 0. The molecule has 0 aliphatic carbocycles. The molecule has 0 bridgehead atoms. The van der Waals surface area contributed by atoms with Crippen molar-refractivity contribution in [1.29, 1.82) is 0 Å². The van der Waals surface area contributed by atoms with E-state index in [9.17, 15) is 0 Å². The van der Waals surface area contributed by atoms with Gasteiger partial charge in [-0.1, -0.05) is 55.9 Å². The van der Waals surface area contributed by atoms with Crippen molar-refractivity contribution in [1.82, 2.24) is 0 Å². The molecule has 3 aromatic carbocycles. The fourth-order valence-electron chi connectivity index (χ4n) is 2.52. The first kappa shape index (κ1) is 20.8. The first-order valence-corrected chi connectivity index (χ1v) is 7.68. The Morgan fingerprint density at radius 1 is 0.708 bits per heavy atom. The Bertz CT molecular complexity index is 690. The predicted octanol–water partition coefficient (Wildman–Crippen LogP) is 2.70. The van der Waals surface area contributed by atoms with Crippen LogP contribution < -0.4 is 21.9 Å². The molecule has 0 amide bonds. The molecule has 3 rings (SSSR count). The number of anilines is 3. The van der Waals surface area contributed by atoms with Crippen LogP contribution in [0.25, 0.3) is 0 Å². The molecule has 0 saturated heterocycles. The van der Waals surface area contributed by atoms with Gasteiger partial charge in [0.15, 0.2) is 0 Å². The molecule has 0 N–H and O–H groups in total. The van der Waals surface area contributed by atoms with Crippen LogP contribution in [-0.4, -0.2) is 23.1 Å². The fraction of sp³-hybridized carbons (Fsp3) is 0.143. The third kappa shape index (κ3) is 4.85. The van der Waals surface area contributed by atoms with E-state index >= 15 is 0 Å². The Balaban J connectivity index is 0.00000144. The van der Waals surface area contributed by atoms with E-state index in [-0.39, 0.29) is 40.0 Å². The third-order valence-corrected chi connectivity index (χ3v) is 3.69. The zero-order chi connectivity index (χ0) is 15.4. The Morgan fingerprint density at radius 3 is 1.67 bits per heavy atom. The van der Waals surface area contributed by atoms with Crippen molar-refractivity contribution in [2.24, 2.45) is 0 Å². The average Bonchev–Trinajstić information content (AvgIpc) is 2.57. The standard InChI is InChI=1S/C21H20N.BrH.Mg/c1-17(2)18-10-9-15-21(16-18)22(19-11-5-3-6-12-19)20-13-7-4-8-14-20;;/h3-15,17H,1-2H3;1H;/q-1;;+2/p-1. The van der Waals surface area contributed by atoms with Gasteiger partial charge < -0.3 is 21.9 Å². The monoisotopic (exact) mass is 389 g/mol. The average molecular weight is 391 g/mol. The first-order valence-electron chi connectivity index (χ1n) is 7.68. The normalized spacial score (nSPS) is 9.79. The molecule has 24 heavy (non-hydrogen) atoms. The van der Waals surface area contributed by atoms with E-state index in [1.54, 1.807) is 0 Å². The van der Waals surface area contributed by atoms with Crippen LogP contribution in [0, 0.1) is 6.07 Å². The van der Waals surface area contributed by atoms with Crippen LogP contribution in [0.2, 0.25) is 0 Å². The maximum atomic E-state index is 3.57. The number of benzene rings is 3. The summed E-state index contributed by atoms with van der Waals surface area (Å²) in [5.41, 5.74) is 4.59. The van der Waals surface area contributed by atoms with E-state index in [2.05, 4.69) is 91.5 Å². The molecule has 0 radical (unpaired) electrons. The van der Waals surface area contributed by atoms with Gasteiger partial charge in [0, 0.05) is 11.4 Å². The molecule has 3 heteroatoms. The van der Waals surface area contributed by atoms with E-state index < -0.39 is 0 Å². The van der Waals surface area contributed by atoms with Gasteiger partial charge in [-0.2, -0.15) is 23.8 Å². The van der Waals surface area contributed by atoms with Crippen LogP contribution in [0.1, 0.15) is 25.3 Å². The zero-order valence-electron chi connectivity index (χ0n) is 14.1. The maximum Gasteiger partial charge on any atom is 2.00 e. The molecule has 0 fully saturated rings. The van der Waals surface area contributed by atoms with Crippen molar-refractivity contribution < 1.29 is 17.0 Å². The SMILES string of the molecule is CC(C)c1[c-]c(N(c2ccccc2)c2ccccc2)ccc1.[Br-].[Mg+2]. The molecule has 0 aliphatic heterocycles. The van der Waals surface area contributed by atoms with E-state index in [4.69, 9.17) is 0 Å². The molecule has 0 unspecified atom stereocenters. The van der Waals surface area contributed by atoms with Crippen molar-refractivity contribution >= 4 is 40.1 Å². The topological polar surface area (TPSA) is 3.24 Å². The molecule has 0 aliphatic rings. The summed E-state index contributed by atoms with van der Waals surface area (Å²) in [5.74, 6) is 0.466. The van der Waals surface area contributed by atoms with Crippen molar-refractivity contribution in [3.05, 3.63) is 90.5 Å². The number of hydrogen-bond acceptors (Lipinski definition) is 1. The van der Waals surface area contributed by atoms with Gasteiger partial charge >= 0.3 is 23.1 Å². The number of hydrogen-bond donors (Lipinski definition) is 0. The van der Waals surface area contributed by atoms with Crippen LogP contribution in [-0.2, 0) is 0 Å². The van der Waals surface area contributed by atoms with E-state index in [1.165, 1.54) is 5.56 Å². The van der Waals surface area contributed by atoms with Gasteiger partial charge in [0.2, 0.25) is 0 Å². The summed E-state index contributed by atoms with van der Waals surface area (Å²) in [5, 5.41) is 0. The number of nitrogens with zero attached hydrogens (tertiary/aromatic N) is 1. The van der Waals surface area contributed by atoms with Gasteiger partial charge in [-0.05, 0) is 30.2 Å². The Hall–Kier alpha value is -1.29. The number of rotatable bonds is 4. The molecule has 1 nitrogen and oxygen atoms in total. The molecule has 0 atom stereocenters. The van der Waals surface area contributed by atoms with Crippen LogP contribution in [0.3, 0.4) is 0 Å². The molecular formula is C21H20BrMgN. The number of halogens is 1. The minimum Gasteiger partial charge on any atom is -1.00 e. The van der Waals surface area contributed by atoms with Crippen LogP contribution in [0.4, 0.5) is 17.1 Å². The summed E-state index contributed by atoms with van der Waals surface area (Å²) in [6.07, 6.45) is 0. The van der Waals surface area contributed by atoms with E-state index in [0.29, 0.717) is 5.92 Å². The van der Waals surface area contributed by atoms with Gasteiger partial charge in [0.1, 0.15) is 0 Å². The minimum atomic E-state index is 0. The molecule has 0 spiro atoms.